The number of hydrogen-bond acceptors (Lipinski definition) is 6. The Morgan fingerprint density at radius 2 is 1.55 bits per heavy atom. The molecule has 2 amide bonds. The fourth-order valence-corrected chi connectivity index (χ4v) is 3.75. The molecule has 3 rings (SSSR count). The number of carbonyl (C=O) groups excluding carboxylic acids is 3. The lowest BCUT2D eigenvalue weighted by Gasteiger charge is -2.14. The minimum Gasteiger partial charge on any atom is -0.494 e. The van der Waals surface area contributed by atoms with Crippen LogP contribution in [0.3, 0.4) is 0 Å². The van der Waals surface area contributed by atoms with Crippen LogP contribution in [0.4, 0.5) is 11.4 Å². The summed E-state index contributed by atoms with van der Waals surface area (Å²) >= 11 is 5.23. The minimum atomic E-state index is -0.441. The van der Waals surface area contributed by atoms with Crippen molar-refractivity contribution in [3.63, 3.8) is 0 Å². The molecular weight excluding hydrogens is 502 g/mol. The third-order valence-corrected chi connectivity index (χ3v) is 5.57. The van der Waals surface area contributed by atoms with Gasteiger partial charge in [0.25, 0.3) is 5.91 Å². The quantitative estimate of drug-likeness (QED) is 0.169. The Bertz CT molecular complexity index is 1230. The lowest BCUT2D eigenvalue weighted by molar-refractivity contribution is -0.145. The Labute approximate surface area is 227 Å². The van der Waals surface area contributed by atoms with Gasteiger partial charge in [-0.05, 0) is 73.9 Å². The number of hydrogen-bond donors (Lipinski definition) is 3. The number of ether oxygens (including phenoxy) is 2. The first-order valence-electron chi connectivity index (χ1n) is 12.4. The Morgan fingerprint density at radius 1 is 0.842 bits per heavy atom. The number of esters is 1. The van der Waals surface area contributed by atoms with Gasteiger partial charge in [-0.2, -0.15) is 0 Å². The Balaban J connectivity index is 1.41. The normalized spacial score (nSPS) is 10.2. The maximum atomic E-state index is 12.9. The van der Waals surface area contributed by atoms with Crippen molar-refractivity contribution in [3.8, 4) is 5.75 Å². The highest BCUT2D eigenvalue weighted by Gasteiger charge is 2.14. The average Bonchev–Trinajstić information content (AvgIpc) is 2.92. The molecule has 9 heteroatoms. The van der Waals surface area contributed by atoms with Gasteiger partial charge < -0.3 is 25.4 Å². The lowest BCUT2D eigenvalue weighted by Crippen LogP contribution is -2.34. The van der Waals surface area contributed by atoms with Gasteiger partial charge in [-0.3, -0.25) is 14.4 Å². The molecule has 0 bridgehead atoms. The van der Waals surface area contributed by atoms with Crippen LogP contribution in [0.25, 0.3) is 0 Å². The van der Waals surface area contributed by atoms with Gasteiger partial charge in [-0.15, -0.1) is 0 Å². The molecule has 0 aliphatic carbocycles. The van der Waals surface area contributed by atoms with Crippen LogP contribution < -0.4 is 20.7 Å². The van der Waals surface area contributed by atoms with Gasteiger partial charge >= 0.3 is 5.97 Å². The highest BCUT2D eigenvalue weighted by molar-refractivity contribution is 7.80. The second-order valence-electron chi connectivity index (χ2n) is 8.27. The van der Waals surface area contributed by atoms with E-state index in [2.05, 4.69) is 16.0 Å². The van der Waals surface area contributed by atoms with Gasteiger partial charge in [-0.1, -0.05) is 42.5 Å². The Kier molecular flexibility index (Phi) is 11.3. The first-order chi connectivity index (χ1) is 18.4. The number of anilines is 2. The maximum Gasteiger partial charge on any atom is 0.306 e. The van der Waals surface area contributed by atoms with Crippen molar-refractivity contribution >= 4 is 46.5 Å². The number of para-hydroxylation sites is 1. The number of nitrogens with one attached hydrogen (secondary N) is 3. The molecule has 0 aromatic heterocycles. The Morgan fingerprint density at radius 3 is 2.29 bits per heavy atom. The molecule has 0 heterocycles. The average molecular weight is 534 g/mol. The smallest absolute Gasteiger partial charge is 0.306 e. The second kappa shape index (κ2) is 15.1. The summed E-state index contributed by atoms with van der Waals surface area (Å²) in [5.74, 6) is -0.505. The molecule has 0 aliphatic heterocycles. The molecule has 0 saturated heterocycles. The van der Waals surface area contributed by atoms with E-state index in [-0.39, 0.29) is 23.9 Å². The molecule has 38 heavy (non-hydrogen) atoms. The van der Waals surface area contributed by atoms with Crippen LogP contribution in [-0.2, 0) is 20.7 Å². The Hall–Kier alpha value is -4.24. The molecule has 0 radical (unpaired) electrons. The van der Waals surface area contributed by atoms with Gasteiger partial charge in [-0.25, -0.2) is 0 Å². The van der Waals surface area contributed by atoms with Crippen LogP contribution in [0.2, 0.25) is 0 Å². The van der Waals surface area contributed by atoms with Crippen molar-refractivity contribution in [1.29, 1.82) is 0 Å². The molecule has 3 aromatic rings. The first-order valence-corrected chi connectivity index (χ1v) is 12.8. The van der Waals surface area contributed by atoms with E-state index in [1.165, 1.54) is 5.56 Å². The van der Waals surface area contributed by atoms with Crippen LogP contribution in [-0.4, -0.2) is 36.1 Å². The topological polar surface area (TPSA) is 106 Å². The third-order valence-electron chi connectivity index (χ3n) is 5.37. The summed E-state index contributed by atoms with van der Waals surface area (Å²) in [5.41, 5.74) is 2.56. The zero-order valence-electron chi connectivity index (χ0n) is 21.2. The predicted molar refractivity (Wildman–Crippen MR) is 151 cm³/mol. The van der Waals surface area contributed by atoms with Crippen LogP contribution in [0.1, 0.15) is 42.1 Å². The molecule has 0 spiro atoms. The number of benzene rings is 3. The van der Waals surface area contributed by atoms with E-state index in [4.69, 9.17) is 21.7 Å². The molecular formula is C29H31N3O5S. The van der Waals surface area contributed by atoms with Crippen molar-refractivity contribution < 1.29 is 23.9 Å². The molecule has 0 fully saturated rings. The van der Waals surface area contributed by atoms with Crippen LogP contribution in [0.15, 0.2) is 78.9 Å². The van der Waals surface area contributed by atoms with E-state index in [1.54, 1.807) is 48.5 Å². The maximum absolute atomic E-state index is 12.9. The molecule has 198 valence electrons. The highest BCUT2D eigenvalue weighted by atomic mass is 32.1. The molecule has 0 atom stereocenters. The van der Waals surface area contributed by atoms with Crippen molar-refractivity contribution in [2.24, 2.45) is 0 Å². The number of amides is 2. The summed E-state index contributed by atoms with van der Waals surface area (Å²) in [6, 6.07) is 23.8. The summed E-state index contributed by atoms with van der Waals surface area (Å²) < 4.78 is 10.6. The van der Waals surface area contributed by atoms with Crippen LogP contribution >= 0.6 is 12.2 Å². The standard InChI is InChI=1S/C29H31N3O5S/c1-2-36-23-16-14-22(15-17-23)30-28(35)24-12-6-7-13-25(24)31-29(38)32-26(33)18-19-27(34)37-20-8-11-21-9-4-3-5-10-21/h3-7,9-10,12-17H,2,8,11,18-20H2,1H3,(H,30,35)(H2,31,32,33,38). The third kappa shape index (κ3) is 9.67. The summed E-state index contributed by atoms with van der Waals surface area (Å²) in [4.78, 5) is 37.1. The zero-order chi connectivity index (χ0) is 27.2. The fraction of sp³-hybridized carbons (Fsp3) is 0.241. The van der Waals surface area contributed by atoms with E-state index in [0.29, 0.717) is 42.3 Å². The molecule has 3 aromatic carbocycles. The molecule has 0 aliphatic rings. The summed E-state index contributed by atoms with van der Waals surface area (Å²) in [7, 11) is 0. The SMILES string of the molecule is CCOc1ccc(NC(=O)c2ccccc2NC(=S)NC(=O)CCC(=O)OCCCc2ccccc2)cc1. The van der Waals surface area contributed by atoms with Gasteiger partial charge in [0, 0.05) is 12.1 Å². The zero-order valence-corrected chi connectivity index (χ0v) is 22.0. The largest absolute Gasteiger partial charge is 0.494 e. The van der Waals surface area contributed by atoms with Gasteiger partial charge in [0.1, 0.15) is 5.75 Å². The van der Waals surface area contributed by atoms with E-state index in [0.717, 1.165) is 6.42 Å². The summed E-state index contributed by atoms with van der Waals surface area (Å²) in [6.45, 7) is 2.75. The first kappa shape index (κ1) is 28.3. The highest BCUT2D eigenvalue weighted by Crippen LogP contribution is 2.20. The summed E-state index contributed by atoms with van der Waals surface area (Å²) in [5, 5.41) is 8.27. The van der Waals surface area contributed by atoms with Gasteiger partial charge in [0.15, 0.2) is 5.11 Å². The molecule has 3 N–H and O–H groups in total. The van der Waals surface area contributed by atoms with Crippen molar-refractivity contribution in [3.05, 3.63) is 90.0 Å². The number of thiocarbonyl (C=S) groups is 1. The number of rotatable bonds is 12. The second-order valence-corrected chi connectivity index (χ2v) is 8.68. The number of carbonyl (C=O) groups is 3. The fourth-order valence-electron chi connectivity index (χ4n) is 3.53. The van der Waals surface area contributed by atoms with Crippen LogP contribution in [0.5, 0.6) is 5.75 Å². The van der Waals surface area contributed by atoms with Gasteiger partial charge in [0.2, 0.25) is 5.91 Å². The van der Waals surface area contributed by atoms with Gasteiger partial charge in [0.05, 0.1) is 30.9 Å². The minimum absolute atomic E-state index is 0.0209. The molecule has 0 unspecified atom stereocenters. The van der Waals surface area contributed by atoms with E-state index >= 15 is 0 Å². The predicted octanol–water partition coefficient (Wildman–Crippen LogP) is 5.11. The lowest BCUT2D eigenvalue weighted by atomic mass is 10.1. The monoisotopic (exact) mass is 533 g/mol. The summed E-state index contributed by atoms with van der Waals surface area (Å²) in [6.07, 6.45) is 1.40. The van der Waals surface area contributed by atoms with Crippen molar-refractivity contribution in [2.75, 3.05) is 23.8 Å². The van der Waals surface area contributed by atoms with E-state index in [9.17, 15) is 14.4 Å². The van der Waals surface area contributed by atoms with Crippen molar-refractivity contribution in [2.45, 2.75) is 32.6 Å². The molecule has 0 saturated carbocycles. The van der Waals surface area contributed by atoms with E-state index < -0.39 is 11.9 Å². The molecule has 8 nitrogen and oxygen atoms in total. The van der Waals surface area contributed by atoms with Crippen molar-refractivity contribution in [1.82, 2.24) is 5.32 Å². The number of aryl methyl sites for hydroxylation is 1. The van der Waals surface area contributed by atoms with E-state index in [1.807, 2.05) is 37.3 Å². The van der Waals surface area contributed by atoms with Crippen LogP contribution in [0, 0.1) is 0 Å².